The van der Waals surface area contributed by atoms with Crippen LogP contribution in [0.25, 0.3) is 0 Å². The minimum atomic E-state index is -0.869. The van der Waals surface area contributed by atoms with Gasteiger partial charge in [0.1, 0.15) is 0 Å². The third kappa shape index (κ3) is 4.67. The largest absolute Gasteiger partial charge is 0.451 e. The molecule has 1 aromatic rings. The molecule has 4 heteroatoms. The highest BCUT2D eigenvalue weighted by Crippen LogP contribution is 2.19. The first-order chi connectivity index (χ1) is 9.88. The van der Waals surface area contributed by atoms with Crippen molar-refractivity contribution >= 4 is 11.8 Å². The van der Waals surface area contributed by atoms with Crippen molar-refractivity contribution in [2.24, 2.45) is 11.8 Å². The van der Waals surface area contributed by atoms with Crippen LogP contribution < -0.4 is 0 Å². The Morgan fingerprint density at radius 1 is 1.14 bits per heavy atom. The third-order valence-corrected chi connectivity index (χ3v) is 3.88. The molecule has 0 bridgehead atoms. The van der Waals surface area contributed by atoms with Crippen LogP contribution in [0.4, 0.5) is 0 Å². The highest BCUT2D eigenvalue weighted by atomic mass is 16.5. The Morgan fingerprint density at radius 2 is 1.71 bits per heavy atom. The summed E-state index contributed by atoms with van der Waals surface area (Å²) in [6.07, 6.45) is -0.802. The molecule has 0 saturated carbocycles. The molecule has 0 fully saturated rings. The third-order valence-electron chi connectivity index (χ3n) is 3.88. The van der Waals surface area contributed by atoms with Crippen molar-refractivity contribution in [3.8, 4) is 0 Å². The number of hydrogen-bond donors (Lipinski definition) is 1. The van der Waals surface area contributed by atoms with Crippen LogP contribution >= 0.6 is 0 Å². The molecule has 0 aliphatic heterocycles. The maximum absolute atomic E-state index is 12.2. The monoisotopic (exact) mass is 292 g/mol. The molecular weight excluding hydrogens is 268 g/mol. The van der Waals surface area contributed by atoms with E-state index in [1.165, 1.54) is 0 Å². The van der Waals surface area contributed by atoms with Crippen molar-refractivity contribution in [2.45, 2.75) is 46.3 Å². The number of carbonyl (C=O) groups excluding carboxylic acids is 2. The molecule has 0 radical (unpaired) electrons. The normalized spacial score (nSPS) is 16.6. The molecule has 0 heterocycles. The molecular formula is C17H24O4. The first kappa shape index (κ1) is 17.4. The summed E-state index contributed by atoms with van der Waals surface area (Å²) in [5.74, 6) is -1.31. The molecule has 1 N–H and O–H groups in total. The number of rotatable bonds is 7. The average molecular weight is 292 g/mol. The van der Waals surface area contributed by atoms with E-state index in [0.717, 1.165) is 6.42 Å². The number of ether oxygens (including phenoxy) is 1. The van der Waals surface area contributed by atoms with Gasteiger partial charge < -0.3 is 9.84 Å². The molecule has 0 saturated heterocycles. The Bertz CT molecular complexity index is 469. The van der Waals surface area contributed by atoms with Gasteiger partial charge in [-0.15, -0.1) is 0 Å². The van der Waals surface area contributed by atoms with Crippen LogP contribution in [0.15, 0.2) is 30.3 Å². The first-order valence-corrected chi connectivity index (χ1v) is 7.36. The summed E-state index contributed by atoms with van der Waals surface area (Å²) in [6, 6.07) is 8.54. The lowest BCUT2D eigenvalue weighted by Crippen LogP contribution is -2.37. The fourth-order valence-electron chi connectivity index (χ4n) is 2.13. The second kappa shape index (κ2) is 7.93. The average Bonchev–Trinajstić information content (AvgIpc) is 2.52. The van der Waals surface area contributed by atoms with E-state index in [0.29, 0.717) is 5.56 Å². The van der Waals surface area contributed by atoms with Gasteiger partial charge in [0.25, 0.3) is 0 Å². The van der Waals surface area contributed by atoms with Crippen molar-refractivity contribution < 1.29 is 19.4 Å². The number of Topliss-reactive ketones (excluding diaryl/α,β-unsaturated/α-hetero) is 1. The van der Waals surface area contributed by atoms with Crippen LogP contribution in [0.5, 0.6) is 0 Å². The molecule has 0 aromatic heterocycles. The van der Waals surface area contributed by atoms with E-state index in [4.69, 9.17) is 4.74 Å². The van der Waals surface area contributed by atoms with E-state index < -0.39 is 24.1 Å². The van der Waals surface area contributed by atoms with Crippen molar-refractivity contribution in [1.29, 1.82) is 0 Å². The van der Waals surface area contributed by atoms with E-state index >= 15 is 0 Å². The first-order valence-electron chi connectivity index (χ1n) is 7.36. The van der Waals surface area contributed by atoms with Gasteiger partial charge in [0.05, 0.1) is 11.7 Å². The molecule has 4 atom stereocenters. The van der Waals surface area contributed by atoms with Crippen LogP contribution in [-0.4, -0.2) is 29.1 Å². The van der Waals surface area contributed by atoms with Crippen LogP contribution in [-0.2, 0) is 9.53 Å². The van der Waals surface area contributed by atoms with Crippen molar-refractivity contribution in [2.75, 3.05) is 0 Å². The Labute approximate surface area is 126 Å². The molecule has 4 nitrogen and oxygen atoms in total. The summed E-state index contributed by atoms with van der Waals surface area (Å²) in [6.45, 7) is 7.08. The quantitative estimate of drug-likeness (QED) is 0.785. The molecule has 0 amide bonds. The number of carbonyl (C=O) groups is 2. The van der Waals surface area contributed by atoms with Gasteiger partial charge in [0.15, 0.2) is 11.9 Å². The van der Waals surface area contributed by atoms with E-state index in [1.54, 1.807) is 44.2 Å². The van der Waals surface area contributed by atoms with Gasteiger partial charge in [-0.25, -0.2) is 4.79 Å². The van der Waals surface area contributed by atoms with Gasteiger partial charge in [-0.1, -0.05) is 45.4 Å². The van der Waals surface area contributed by atoms with Crippen molar-refractivity contribution in [1.82, 2.24) is 0 Å². The lowest BCUT2D eigenvalue weighted by molar-refractivity contribution is -0.135. The smallest absolute Gasteiger partial charge is 0.338 e. The Hall–Kier alpha value is -1.68. The minimum Gasteiger partial charge on any atom is -0.451 e. The molecule has 1 rings (SSSR count). The number of hydrogen-bond acceptors (Lipinski definition) is 4. The molecule has 0 spiro atoms. The Kier molecular flexibility index (Phi) is 6.56. The SMILES string of the molecule is CC[C@H](C)[C@@H](O)[C@@H](C)C(=O)[C@H](C)OC(=O)c1ccccc1. The van der Waals surface area contributed by atoms with Gasteiger partial charge in [0, 0.05) is 5.92 Å². The summed E-state index contributed by atoms with van der Waals surface area (Å²) < 4.78 is 5.18. The van der Waals surface area contributed by atoms with Crippen LogP contribution in [0, 0.1) is 11.8 Å². The number of esters is 1. The molecule has 116 valence electrons. The lowest BCUT2D eigenvalue weighted by Gasteiger charge is -2.25. The van der Waals surface area contributed by atoms with E-state index in [9.17, 15) is 14.7 Å². The van der Waals surface area contributed by atoms with E-state index in [2.05, 4.69) is 0 Å². The summed E-state index contributed by atoms with van der Waals surface area (Å²) in [5, 5.41) is 10.1. The maximum atomic E-state index is 12.2. The fourth-order valence-corrected chi connectivity index (χ4v) is 2.13. The zero-order valence-corrected chi connectivity index (χ0v) is 13.1. The topological polar surface area (TPSA) is 63.6 Å². The summed E-state index contributed by atoms with van der Waals surface area (Å²) in [4.78, 5) is 24.1. The highest BCUT2D eigenvalue weighted by Gasteiger charge is 2.31. The predicted octanol–water partition coefficient (Wildman–Crippen LogP) is 2.84. The summed E-state index contributed by atoms with van der Waals surface area (Å²) in [7, 11) is 0. The zero-order chi connectivity index (χ0) is 16.0. The van der Waals surface area contributed by atoms with E-state index in [-0.39, 0.29) is 11.7 Å². The molecule has 1 aromatic carbocycles. The number of benzene rings is 1. The fraction of sp³-hybridized carbons (Fsp3) is 0.529. The second-order valence-electron chi connectivity index (χ2n) is 5.48. The standard InChI is InChI=1S/C17H24O4/c1-5-11(2)15(18)12(3)16(19)13(4)21-17(20)14-9-7-6-8-10-14/h6-13,15,18H,5H2,1-4H3/t11-,12+,13-,15+/m0/s1. The minimum absolute atomic E-state index is 0.0287. The predicted molar refractivity (Wildman–Crippen MR) is 81.0 cm³/mol. The van der Waals surface area contributed by atoms with E-state index in [1.807, 2.05) is 13.8 Å². The molecule has 0 aliphatic rings. The zero-order valence-electron chi connectivity index (χ0n) is 13.1. The molecule has 0 unspecified atom stereocenters. The van der Waals surface area contributed by atoms with Crippen LogP contribution in [0.3, 0.4) is 0 Å². The molecule has 0 aliphatic carbocycles. The van der Waals surface area contributed by atoms with Crippen LogP contribution in [0.2, 0.25) is 0 Å². The van der Waals surface area contributed by atoms with Crippen molar-refractivity contribution in [3.63, 3.8) is 0 Å². The van der Waals surface area contributed by atoms with Gasteiger partial charge in [-0.2, -0.15) is 0 Å². The van der Waals surface area contributed by atoms with Gasteiger partial charge >= 0.3 is 5.97 Å². The Morgan fingerprint density at radius 3 is 2.24 bits per heavy atom. The van der Waals surface area contributed by atoms with Gasteiger partial charge in [-0.3, -0.25) is 4.79 Å². The second-order valence-corrected chi connectivity index (χ2v) is 5.48. The lowest BCUT2D eigenvalue weighted by atomic mass is 9.87. The Balaban J connectivity index is 2.64. The maximum Gasteiger partial charge on any atom is 0.338 e. The molecule has 21 heavy (non-hydrogen) atoms. The van der Waals surface area contributed by atoms with Gasteiger partial charge in [0.2, 0.25) is 0 Å². The van der Waals surface area contributed by atoms with Crippen molar-refractivity contribution in [3.05, 3.63) is 35.9 Å². The van der Waals surface area contributed by atoms with Crippen LogP contribution in [0.1, 0.15) is 44.5 Å². The number of aliphatic hydroxyl groups is 1. The van der Waals surface area contributed by atoms with Gasteiger partial charge in [-0.05, 0) is 25.0 Å². The number of aliphatic hydroxyl groups excluding tert-OH is 1. The number of ketones is 1. The highest BCUT2D eigenvalue weighted by molar-refractivity contribution is 5.93. The summed E-state index contributed by atoms with van der Waals surface area (Å²) in [5.41, 5.74) is 0.410. The summed E-state index contributed by atoms with van der Waals surface area (Å²) >= 11 is 0.